The molecule has 96 valence electrons. The molecule has 1 fully saturated rings. The lowest BCUT2D eigenvalue weighted by Gasteiger charge is -2.15. The van der Waals surface area contributed by atoms with Gasteiger partial charge in [0.15, 0.2) is 0 Å². The Kier molecular flexibility index (Phi) is 3.61. The Labute approximate surface area is 110 Å². The first-order valence-electron chi connectivity index (χ1n) is 6.33. The van der Waals surface area contributed by atoms with E-state index in [9.17, 15) is 5.11 Å². The van der Waals surface area contributed by atoms with Gasteiger partial charge in [-0.05, 0) is 35.2 Å². The molecule has 0 saturated carbocycles. The lowest BCUT2D eigenvalue weighted by molar-refractivity contribution is -0.0286. The van der Waals surface area contributed by atoms with Crippen molar-refractivity contribution in [1.82, 2.24) is 5.32 Å². The number of aliphatic hydroxyl groups is 1. The summed E-state index contributed by atoms with van der Waals surface area (Å²) in [4.78, 5) is 0. The Morgan fingerprint density at radius 1 is 1.39 bits per heavy atom. The van der Waals surface area contributed by atoms with Crippen LogP contribution in [0.25, 0.3) is 10.1 Å². The number of hydrogen-bond acceptors (Lipinski definition) is 4. The molecule has 1 aliphatic heterocycles. The number of benzene rings is 1. The molecule has 2 heterocycles. The number of rotatable bonds is 4. The first-order valence-corrected chi connectivity index (χ1v) is 7.21. The lowest BCUT2D eigenvalue weighted by atomic mass is 10.1. The fourth-order valence-electron chi connectivity index (χ4n) is 2.38. The molecule has 1 aliphatic rings. The molecule has 1 aromatic carbocycles. The zero-order chi connectivity index (χ0) is 12.4. The molecule has 0 bridgehead atoms. The van der Waals surface area contributed by atoms with Crippen molar-refractivity contribution < 1.29 is 9.84 Å². The van der Waals surface area contributed by atoms with Crippen LogP contribution in [-0.2, 0) is 11.2 Å². The predicted octanol–water partition coefficient (Wildman–Crippen LogP) is 2.14. The summed E-state index contributed by atoms with van der Waals surface area (Å²) in [7, 11) is 0. The van der Waals surface area contributed by atoms with Gasteiger partial charge in [0.05, 0.1) is 12.7 Å². The topological polar surface area (TPSA) is 41.5 Å². The van der Waals surface area contributed by atoms with E-state index in [4.69, 9.17) is 4.74 Å². The Morgan fingerprint density at radius 3 is 3.17 bits per heavy atom. The van der Waals surface area contributed by atoms with E-state index in [1.165, 1.54) is 15.6 Å². The Hall–Kier alpha value is -0.940. The van der Waals surface area contributed by atoms with Gasteiger partial charge in [-0.25, -0.2) is 0 Å². The molecule has 2 atom stereocenters. The smallest absolute Gasteiger partial charge is 0.134 e. The highest BCUT2D eigenvalue weighted by molar-refractivity contribution is 7.17. The van der Waals surface area contributed by atoms with Crippen molar-refractivity contribution in [3.05, 3.63) is 35.2 Å². The maximum Gasteiger partial charge on any atom is 0.134 e. The third-order valence-corrected chi connectivity index (χ3v) is 4.37. The molecule has 0 radical (unpaired) electrons. The molecule has 3 nitrogen and oxygen atoms in total. The van der Waals surface area contributed by atoms with Crippen molar-refractivity contribution >= 4 is 21.4 Å². The maximum atomic E-state index is 9.64. The van der Waals surface area contributed by atoms with E-state index in [-0.39, 0.29) is 12.3 Å². The second-order valence-corrected chi connectivity index (χ2v) is 5.52. The summed E-state index contributed by atoms with van der Waals surface area (Å²) in [5.74, 6) is 0. The Balaban J connectivity index is 1.61. The number of aliphatic hydroxyl groups excluding tert-OH is 1. The van der Waals surface area contributed by atoms with Crippen molar-refractivity contribution in [2.24, 2.45) is 0 Å². The van der Waals surface area contributed by atoms with E-state index in [2.05, 4.69) is 35.0 Å². The van der Waals surface area contributed by atoms with Gasteiger partial charge in [0.1, 0.15) is 6.23 Å². The van der Waals surface area contributed by atoms with Crippen molar-refractivity contribution in [3.8, 4) is 0 Å². The molecule has 0 amide bonds. The van der Waals surface area contributed by atoms with Crippen molar-refractivity contribution in [2.45, 2.75) is 25.2 Å². The van der Waals surface area contributed by atoms with E-state index >= 15 is 0 Å². The first-order chi connectivity index (χ1) is 8.84. The summed E-state index contributed by atoms with van der Waals surface area (Å²) in [6.07, 6.45) is 1.13. The van der Waals surface area contributed by atoms with E-state index < -0.39 is 0 Å². The van der Waals surface area contributed by atoms with Crippen molar-refractivity contribution in [3.63, 3.8) is 0 Å². The molecule has 0 aliphatic carbocycles. The largest absolute Gasteiger partial charge is 0.389 e. The standard InChI is InChI=1S/C14H17NO2S/c16-12-4-7-15-14(12)17-8-5-10-2-1-3-11-6-9-18-13(10)11/h1-3,6,9,12,14-16H,4-5,7-8H2. The minimum absolute atomic E-state index is 0.187. The average Bonchev–Trinajstić information content (AvgIpc) is 2.99. The van der Waals surface area contributed by atoms with Gasteiger partial charge in [-0.2, -0.15) is 0 Å². The van der Waals surface area contributed by atoms with Gasteiger partial charge in [-0.1, -0.05) is 18.2 Å². The quantitative estimate of drug-likeness (QED) is 0.888. The number of fused-ring (bicyclic) bond motifs is 1. The summed E-state index contributed by atoms with van der Waals surface area (Å²) in [6.45, 7) is 1.48. The van der Waals surface area contributed by atoms with Crippen LogP contribution in [0.3, 0.4) is 0 Å². The van der Waals surface area contributed by atoms with Gasteiger partial charge in [0.2, 0.25) is 0 Å². The molecule has 18 heavy (non-hydrogen) atoms. The number of ether oxygens (including phenoxy) is 1. The van der Waals surface area contributed by atoms with Gasteiger partial charge in [0.25, 0.3) is 0 Å². The minimum Gasteiger partial charge on any atom is -0.389 e. The van der Waals surface area contributed by atoms with E-state index in [1.807, 2.05) is 0 Å². The van der Waals surface area contributed by atoms with E-state index in [0.717, 1.165) is 19.4 Å². The first kappa shape index (κ1) is 12.1. The fraction of sp³-hybridized carbons (Fsp3) is 0.429. The predicted molar refractivity (Wildman–Crippen MR) is 73.9 cm³/mol. The summed E-state index contributed by atoms with van der Waals surface area (Å²) in [6, 6.07) is 8.53. The zero-order valence-corrected chi connectivity index (χ0v) is 11.0. The third-order valence-electron chi connectivity index (χ3n) is 3.36. The van der Waals surface area contributed by atoms with Gasteiger partial charge < -0.3 is 9.84 Å². The number of nitrogens with one attached hydrogen (secondary N) is 1. The molecule has 2 N–H and O–H groups in total. The molecule has 1 saturated heterocycles. The van der Waals surface area contributed by atoms with Crippen LogP contribution in [-0.4, -0.2) is 30.6 Å². The van der Waals surface area contributed by atoms with Crippen LogP contribution in [0.15, 0.2) is 29.6 Å². The molecule has 2 aromatic rings. The molecule has 2 unspecified atom stereocenters. The van der Waals surface area contributed by atoms with Gasteiger partial charge >= 0.3 is 0 Å². The average molecular weight is 263 g/mol. The molecule has 3 rings (SSSR count). The van der Waals surface area contributed by atoms with E-state index in [0.29, 0.717) is 6.61 Å². The lowest BCUT2D eigenvalue weighted by Crippen LogP contribution is -2.33. The van der Waals surface area contributed by atoms with Crippen LogP contribution in [0.5, 0.6) is 0 Å². The number of thiophene rings is 1. The van der Waals surface area contributed by atoms with Crippen LogP contribution < -0.4 is 5.32 Å². The molecule has 0 spiro atoms. The van der Waals surface area contributed by atoms with Gasteiger partial charge in [-0.15, -0.1) is 11.3 Å². The molecular formula is C14H17NO2S. The normalized spacial score (nSPS) is 23.8. The maximum absolute atomic E-state index is 9.64. The van der Waals surface area contributed by atoms with Gasteiger partial charge in [-0.3, -0.25) is 5.32 Å². The van der Waals surface area contributed by atoms with Crippen LogP contribution in [0.4, 0.5) is 0 Å². The molecule has 1 aromatic heterocycles. The van der Waals surface area contributed by atoms with Crippen molar-refractivity contribution in [1.29, 1.82) is 0 Å². The second kappa shape index (κ2) is 5.36. The van der Waals surface area contributed by atoms with E-state index in [1.54, 1.807) is 11.3 Å². The minimum atomic E-state index is -0.359. The third kappa shape index (κ3) is 2.42. The van der Waals surface area contributed by atoms with Crippen LogP contribution in [0.1, 0.15) is 12.0 Å². The highest BCUT2D eigenvalue weighted by Crippen LogP contribution is 2.25. The zero-order valence-electron chi connectivity index (χ0n) is 10.1. The Bertz CT molecular complexity index is 525. The summed E-state index contributed by atoms with van der Waals surface area (Å²) >= 11 is 1.78. The monoisotopic (exact) mass is 263 g/mol. The Morgan fingerprint density at radius 2 is 2.33 bits per heavy atom. The molecular weight excluding hydrogens is 246 g/mol. The van der Waals surface area contributed by atoms with Crippen LogP contribution in [0, 0.1) is 0 Å². The summed E-state index contributed by atoms with van der Waals surface area (Å²) < 4.78 is 7.04. The highest BCUT2D eigenvalue weighted by atomic mass is 32.1. The second-order valence-electron chi connectivity index (χ2n) is 4.61. The SMILES string of the molecule is OC1CCNC1OCCc1cccc2ccsc12. The van der Waals surface area contributed by atoms with Crippen molar-refractivity contribution in [2.75, 3.05) is 13.2 Å². The fourth-order valence-corrected chi connectivity index (χ4v) is 3.32. The van der Waals surface area contributed by atoms with Crippen LogP contribution >= 0.6 is 11.3 Å². The summed E-state index contributed by atoms with van der Waals surface area (Å²) in [5.41, 5.74) is 1.33. The van der Waals surface area contributed by atoms with Crippen LogP contribution in [0.2, 0.25) is 0 Å². The highest BCUT2D eigenvalue weighted by Gasteiger charge is 2.24. The van der Waals surface area contributed by atoms with Gasteiger partial charge in [0, 0.05) is 11.2 Å². The summed E-state index contributed by atoms with van der Waals surface area (Å²) in [5, 5.41) is 16.2. The molecule has 4 heteroatoms. The number of hydrogen-bond donors (Lipinski definition) is 2.